The van der Waals surface area contributed by atoms with Gasteiger partial charge in [0.15, 0.2) is 5.78 Å². The minimum Gasteiger partial charge on any atom is -0.411 e. The molecule has 0 spiro atoms. The van der Waals surface area contributed by atoms with Crippen molar-refractivity contribution in [1.29, 1.82) is 0 Å². The average molecular weight is 255 g/mol. The molecule has 4 heteroatoms. The van der Waals surface area contributed by atoms with E-state index >= 15 is 0 Å². The first kappa shape index (κ1) is 12.8. The van der Waals surface area contributed by atoms with Crippen LogP contribution in [-0.2, 0) is 0 Å². The third-order valence-corrected chi connectivity index (χ3v) is 2.68. The fraction of sp³-hybridized carbons (Fsp3) is 0.0667. The summed E-state index contributed by atoms with van der Waals surface area (Å²) in [5.41, 5.74) is 7.45. The molecule has 0 aromatic heterocycles. The molecule has 0 aliphatic rings. The molecule has 0 atom stereocenters. The van der Waals surface area contributed by atoms with Gasteiger partial charge in [0.2, 0.25) is 0 Å². The van der Waals surface area contributed by atoms with E-state index in [2.05, 4.69) is 0 Å². The minimum atomic E-state index is -0.841. The standard InChI is InChI=1S/C15H13NO3/c1-10(17)12-3-2-4-13(9-12)11-5-7-14(8-6-11)19-15(16)18/h2-9H,1H3,(H2,16,18). The Hall–Kier alpha value is -2.62. The van der Waals surface area contributed by atoms with Crippen molar-refractivity contribution in [3.8, 4) is 16.9 Å². The van der Waals surface area contributed by atoms with Gasteiger partial charge in [0.25, 0.3) is 0 Å². The predicted octanol–water partition coefficient (Wildman–Crippen LogP) is 3.01. The van der Waals surface area contributed by atoms with E-state index in [1.54, 1.807) is 30.3 Å². The van der Waals surface area contributed by atoms with E-state index in [0.717, 1.165) is 11.1 Å². The molecule has 0 heterocycles. The fourth-order valence-electron chi connectivity index (χ4n) is 1.75. The summed E-state index contributed by atoms with van der Waals surface area (Å²) in [6, 6.07) is 14.3. The van der Waals surface area contributed by atoms with Gasteiger partial charge < -0.3 is 10.5 Å². The third kappa shape index (κ3) is 3.19. The van der Waals surface area contributed by atoms with Crippen LogP contribution < -0.4 is 10.5 Å². The zero-order valence-electron chi connectivity index (χ0n) is 10.4. The van der Waals surface area contributed by atoms with Crippen LogP contribution in [0.1, 0.15) is 17.3 Å². The van der Waals surface area contributed by atoms with Gasteiger partial charge >= 0.3 is 6.09 Å². The summed E-state index contributed by atoms with van der Waals surface area (Å²) in [7, 11) is 0. The molecule has 4 nitrogen and oxygen atoms in total. The highest BCUT2D eigenvalue weighted by molar-refractivity contribution is 5.95. The Morgan fingerprint density at radius 1 is 1.00 bits per heavy atom. The Bertz CT molecular complexity index is 618. The van der Waals surface area contributed by atoms with Crippen LogP contribution in [0.5, 0.6) is 5.75 Å². The molecule has 0 aliphatic carbocycles. The number of benzene rings is 2. The van der Waals surface area contributed by atoms with Crippen LogP contribution in [0, 0.1) is 0 Å². The van der Waals surface area contributed by atoms with Crippen molar-refractivity contribution in [3.05, 3.63) is 54.1 Å². The van der Waals surface area contributed by atoms with Gasteiger partial charge in [-0.15, -0.1) is 0 Å². The molecule has 2 N–H and O–H groups in total. The van der Waals surface area contributed by atoms with Crippen molar-refractivity contribution in [3.63, 3.8) is 0 Å². The molecule has 0 aliphatic heterocycles. The second kappa shape index (κ2) is 5.35. The molecular weight excluding hydrogens is 242 g/mol. The lowest BCUT2D eigenvalue weighted by molar-refractivity contribution is 0.101. The monoisotopic (exact) mass is 255 g/mol. The molecule has 2 aromatic rings. The first-order valence-electron chi connectivity index (χ1n) is 5.75. The normalized spacial score (nSPS) is 9.95. The van der Waals surface area contributed by atoms with Gasteiger partial charge in [-0.1, -0.05) is 30.3 Å². The Morgan fingerprint density at radius 2 is 1.68 bits per heavy atom. The summed E-state index contributed by atoms with van der Waals surface area (Å²) in [6.45, 7) is 1.53. The van der Waals surface area contributed by atoms with Crippen molar-refractivity contribution in [2.45, 2.75) is 6.92 Å². The van der Waals surface area contributed by atoms with Crippen LogP contribution in [-0.4, -0.2) is 11.9 Å². The van der Waals surface area contributed by atoms with E-state index < -0.39 is 6.09 Å². The smallest absolute Gasteiger partial charge is 0.409 e. The first-order chi connectivity index (χ1) is 9.06. The van der Waals surface area contributed by atoms with Gasteiger partial charge in [0.1, 0.15) is 5.75 Å². The van der Waals surface area contributed by atoms with Crippen LogP contribution in [0.2, 0.25) is 0 Å². The molecule has 0 unspecified atom stereocenters. The number of ether oxygens (including phenoxy) is 1. The lowest BCUT2D eigenvalue weighted by Crippen LogP contribution is -2.16. The minimum absolute atomic E-state index is 0.0236. The van der Waals surface area contributed by atoms with Crippen LogP contribution in [0.4, 0.5) is 4.79 Å². The van der Waals surface area contributed by atoms with Gasteiger partial charge in [-0.2, -0.15) is 0 Å². The van der Waals surface area contributed by atoms with Gasteiger partial charge in [-0.05, 0) is 36.2 Å². The zero-order chi connectivity index (χ0) is 13.8. The highest BCUT2D eigenvalue weighted by Gasteiger charge is 2.04. The number of hydrogen-bond acceptors (Lipinski definition) is 3. The van der Waals surface area contributed by atoms with E-state index in [1.807, 2.05) is 18.2 Å². The van der Waals surface area contributed by atoms with E-state index in [1.165, 1.54) is 6.92 Å². The Balaban J connectivity index is 2.29. The molecule has 0 fully saturated rings. The van der Waals surface area contributed by atoms with Crippen LogP contribution in [0.25, 0.3) is 11.1 Å². The highest BCUT2D eigenvalue weighted by atomic mass is 16.5. The van der Waals surface area contributed by atoms with Gasteiger partial charge in [0, 0.05) is 5.56 Å². The molecule has 2 aromatic carbocycles. The number of rotatable bonds is 3. The molecule has 0 bridgehead atoms. The summed E-state index contributed by atoms with van der Waals surface area (Å²) in [4.78, 5) is 21.9. The van der Waals surface area contributed by atoms with E-state index in [4.69, 9.17) is 10.5 Å². The summed E-state index contributed by atoms with van der Waals surface area (Å²) in [5.74, 6) is 0.412. The second-order valence-electron chi connectivity index (χ2n) is 4.08. The number of ketones is 1. The zero-order valence-corrected chi connectivity index (χ0v) is 10.4. The molecule has 2 rings (SSSR count). The number of Topliss-reactive ketones (excluding diaryl/α,β-unsaturated/α-hetero) is 1. The lowest BCUT2D eigenvalue weighted by atomic mass is 10.0. The van der Waals surface area contributed by atoms with Gasteiger partial charge in [-0.3, -0.25) is 4.79 Å². The van der Waals surface area contributed by atoms with Crippen molar-refractivity contribution in [2.24, 2.45) is 5.73 Å². The second-order valence-corrected chi connectivity index (χ2v) is 4.08. The number of hydrogen-bond donors (Lipinski definition) is 1. The van der Waals surface area contributed by atoms with Crippen LogP contribution >= 0.6 is 0 Å². The summed E-state index contributed by atoms with van der Waals surface area (Å²) < 4.78 is 4.75. The van der Waals surface area contributed by atoms with Gasteiger partial charge in [-0.25, -0.2) is 4.79 Å². The molecule has 0 saturated heterocycles. The maximum Gasteiger partial charge on any atom is 0.409 e. The predicted molar refractivity (Wildman–Crippen MR) is 72.1 cm³/mol. The Labute approximate surface area is 110 Å². The number of nitrogens with two attached hydrogens (primary N) is 1. The average Bonchev–Trinajstić information content (AvgIpc) is 2.39. The maximum atomic E-state index is 11.3. The molecule has 1 amide bonds. The Kier molecular flexibility index (Phi) is 3.61. The fourth-order valence-corrected chi connectivity index (χ4v) is 1.75. The largest absolute Gasteiger partial charge is 0.411 e. The Morgan fingerprint density at radius 3 is 2.26 bits per heavy atom. The molecule has 19 heavy (non-hydrogen) atoms. The summed E-state index contributed by atoms with van der Waals surface area (Å²) in [6.07, 6.45) is -0.841. The SMILES string of the molecule is CC(=O)c1cccc(-c2ccc(OC(N)=O)cc2)c1. The number of primary amides is 1. The molecule has 0 saturated carbocycles. The maximum absolute atomic E-state index is 11.3. The number of carbonyl (C=O) groups excluding carboxylic acids is 2. The van der Waals surface area contributed by atoms with E-state index in [9.17, 15) is 9.59 Å². The molecular formula is C15H13NO3. The lowest BCUT2D eigenvalue weighted by Gasteiger charge is -2.05. The number of amides is 1. The quantitative estimate of drug-likeness (QED) is 0.857. The van der Waals surface area contributed by atoms with E-state index in [-0.39, 0.29) is 5.78 Å². The van der Waals surface area contributed by atoms with E-state index in [0.29, 0.717) is 11.3 Å². The van der Waals surface area contributed by atoms with Crippen molar-refractivity contribution < 1.29 is 14.3 Å². The van der Waals surface area contributed by atoms with Crippen LogP contribution in [0.15, 0.2) is 48.5 Å². The summed E-state index contributed by atoms with van der Waals surface area (Å²) >= 11 is 0. The van der Waals surface area contributed by atoms with Crippen molar-refractivity contribution >= 4 is 11.9 Å². The third-order valence-electron chi connectivity index (χ3n) is 2.68. The van der Waals surface area contributed by atoms with Gasteiger partial charge in [0.05, 0.1) is 0 Å². The highest BCUT2D eigenvalue weighted by Crippen LogP contribution is 2.23. The number of carbonyl (C=O) groups is 2. The molecule has 0 radical (unpaired) electrons. The van der Waals surface area contributed by atoms with Crippen molar-refractivity contribution in [2.75, 3.05) is 0 Å². The summed E-state index contributed by atoms with van der Waals surface area (Å²) in [5, 5.41) is 0. The first-order valence-corrected chi connectivity index (χ1v) is 5.75. The van der Waals surface area contributed by atoms with Crippen LogP contribution in [0.3, 0.4) is 0 Å². The molecule has 96 valence electrons. The van der Waals surface area contributed by atoms with Crippen molar-refractivity contribution in [1.82, 2.24) is 0 Å². The topological polar surface area (TPSA) is 69.4 Å².